The average Bonchev–Trinajstić information content (AvgIpc) is 2.76. The van der Waals surface area contributed by atoms with Crippen LogP contribution in [0.3, 0.4) is 0 Å². The second-order valence-corrected chi connectivity index (χ2v) is 8.40. The Bertz CT molecular complexity index is 520. The Morgan fingerprint density at radius 1 is 1.00 bits per heavy atom. The van der Waals surface area contributed by atoms with Gasteiger partial charge in [-0.1, -0.05) is 20.8 Å². The Morgan fingerprint density at radius 3 is 2.10 bits per heavy atom. The van der Waals surface area contributed by atoms with Crippen molar-refractivity contribution in [2.24, 2.45) is 11.8 Å². The molecule has 3 unspecified atom stereocenters. The summed E-state index contributed by atoms with van der Waals surface area (Å²) in [6.07, 6.45) is -0.387. The van der Waals surface area contributed by atoms with Crippen LogP contribution in [-0.2, 0) is 23.9 Å². The summed E-state index contributed by atoms with van der Waals surface area (Å²) in [5.41, 5.74) is -1.47. The SMILES string of the molecule is CCC(C)C(=O)OCC(O)COC(=O)CCSCC(C)C(=O)NC(CO)(CO)CO. The van der Waals surface area contributed by atoms with Gasteiger partial charge in [-0.2, -0.15) is 11.8 Å². The molecule has 0 aliphatic heterocycles. The molecular weight excluding hydrogens is 418 g/mol. The van der Waals surface area contributed by atoms with E-state index in [-0.39, 0.29) is 25.6 Å². The van der Waals surface area contributed by atoms with E-state index in [9.17, 15) is 34.8 Å². The molecule has 0 spiro atoms. The normalized spacial score (nSPS) is 14.5. The minimum Gasteiger partial charge on any atom is -0.463 e. The monoisotopic (exact) mass is 453 g/mol. The van der Waals surface area contributed by atoms with Crippen LogP contribution >= 0.6 is 11.8 Å². The maximum atomic E-state index is 12.1. The van der Waals surface area contributed by atoms with Gasteiger partial charge in [0, 0.05) is 17.4 Å². The average molecular weight is 454 g/mol. The van der Waals surface area contributed by atoms with Gasteiger partial charge >= 0.3 is 11.9 Å². The van der Waals surface area contributed by atoms with E-state index in [1.165, 1.54) is 11.8 Å². The molecule has 0 saturated heterocycles. The number of aliphatic hydroxyl groups is 4. The molecule has 5 N–H and O–H groups in total. The number of thioether (sulfide) groups is 1. The van der Waals surface area contributed by atoms with Crippen molar-refractivity contribution in [3.63, 3.8) is 0 Å². The van der Waals surface area contributed by atoms with Crippen molar-refractivity contribution < 1.29 is 44.3 Å². The first-order valence-electron chi connectivity index (χ1n) is 9.87. The van der Waals surface area contributed by atoms with E-state index >= 15 is 0 Å². The van der Waals surface area contributed by atoms with Gasteiger partial charge in [-0.3, -0.25) is 14.4 Å². The topological polar surface area (TPSA) is 163 Å². The number of amides is 1. The summed E-state index contributed by atoms with van der Waals surface area (Å²) >= 11 is 1.34. The van der Waals surface area contributed by atoms with Gasteiger partial charge in [0.1, 0.15) is 24.9 Å². The first-order valence-corrected chi connectivity index (χ1v) is 11.0. The number of hydrogen-bond acceptors (Lipinski definition) is 10. The van der Waals surface area contributed by atoms with Crippen LogP contribution in [0.5, 0.6) is 0 Å². The van der Waals surface area contributed by atoms with Gasteiger partial charge in [0.15, 0.2) is 0 Å². The molecular formula is C19H35NO9S. The summed E-state index contributed by atoms with van der Waals surface area (Å²) in [6.45, 7) is 2.91. The van der Waals surface area contributed by atoms with E-state index in [2.05, 4.69) is 5.32 Å². The molecule has 0 heterocycles. The van der Waals surface area contributed by atoms with Crippen molar-refractivity contribution in [2.75, 3.05) is 44.5 Å². The van der Waals surface area contributed by atoms with Crippen LogP contribution in [0.1, 0.15) is 33.6 Å². The Hall–Kier alpha value is -1.40. The summed E-state index contributed by atoms with van der Waals surface area (Å²) in [5, 5.41) is 39.8. The van der Waals surface area contributed by atoms with E-state index in [4.69, 9.17) is 9.47 Å². The number of esters is 2. The van der Waals surface area contributed by atoms with Gasteiger partial charge in [0.25, 0.3) is 0 Å². The largest absolute Gasteiger partial charge is 0.463 e. The van der Waals surface area contributed by atoms with Gasteiger partial charge in [-0.15, -0.1) is 0 Å². The molecule has 0 fully saturated rings. The highest BCUT2D eigenvalue weighted by atomic mass is 32.2. The summed E-state index contributed by atoms with van der Waals surface area (Å²) in [4.78, 5) is 35.3. The zero-order valence-corrected chi connectivity index (χ0v) is 18.7. The minimum atomic E-state index is -1.47. The number of aliphatic hydroxyl groups excluding tert-OH is 4. The zero-order valence-electron chi connectivity index (χ0n) is 17.8. The van der Waals surface area contributed by atoms with E-state index in [1.54, 1.807) is 13.8 Å². The van der Waals surface area contributed by atoms with Crippen molar-refractivity contribution in [2.45, 2.75) is 45.3 Å². The van der Waals surface area contributed by atoms with Crippen LogP contribution in [-0.4, -0.2) is 94.5 Å². The molecule has 176 valence electrons. The predicted octanol–water partition coefficient (Wildman–Crippen LogP) is -0.929. The van der Waals surface area contributed by atoms with Crippen LogP contribution in [0, 0.1) is 11.8 Å². The number of hydrogen-bond donors (Lipinski definition) is 5. The Morgan fingerprint density at radius 2 is 1.57 bits per heavy atom. The van der Waals surface area contributed by atoms with E-state index in [0.29, 0.717) is 17.9 Å². The number of carbonyl (C=O) groups excluding carboxylic acids is 3. The third-order valence-corrected chi connectivity index (χ3v) is 5.66. The van der Waals surface area contributed by atoms with Gasteiger partial charge in [-0.05, 0) is 6.42 Å². The molecule has 3 atom stereocenters. The molecule has 0 aromatic rings. The first kappa shape index (κ1) is 28.6. The standard InChI is InChI=1S/C19H35NO9S/c1-4-13(2)18(27)29-8-15(24)7-28-16(25)5-6-30-9-14(3)17(26)20-19(10-21,11-22)12-23/h13-15,21-24H,4-12H2,1-3H3,(H,20,26). The number of rotatable bonds is 16. The fourth-order valence-electron chi connectivity index (χ4n) is 1.94. The Balaban J connectivity index is 4.03. The lowest BCUT2D eigenvalue weighted by atomic mass is 10.0. The van der Waals surface area contributed by atoms with Crippen LogP contribution in [0.2, 0.25) is 0 Å². The molecule has 0 rings (SSSR count). The highest BCUT2D eigenvalue weighted by molar-refractivity contribution is 7.99. The van der Waals surface area contributed by atoms with Gasteiger partial charge < -0.3 is 35.2 Å². The second kappa shape index (κ2) is 15.4. The van der Waals surface area contributed by atoms with Gasteiger partial charge in [0.05, 0.1) is 32.2 Å². The van der Waals surface area contributed by atoms with Crippen molar-refractivity contribution in [1.29, 1.82) is 0 Å². The lowest BCUT2D eigenvalue weighted by Crippen LogP contribution is -2.58. The summed E-state index contributed by atoms with van der Waals surface area (Å²) in [6, 6.07) is 0. The molecule has 0 aromatic carbocycles. The molecule has 30 heavy (non-hydrogen) atoms. The number of nitrogens with one attached hydrogen (secondary N) is 1. The van der Waals surface area contributed by atoms with E-state index < -0.39 is 55.2 Å². The third kappa shape index (κ3) is 11.1. The molecule has 10 nitrogen and oxygen atoms in total. The van der Waals surface area contributed by atoms with Crippen molar-refractivity contribution in [1.82, 2.24) is 5.32 Å². The fraction of sp³-hybridized carbons (Fsp3) is 0.842. The van der Waals surface area contributed by atoms with Gasteiger partial charge in [-0.25, -0.2) is 0 Å². The van der Waals surface area contributed by atoms with Crippen molar-refractivity contribution >= 4 is 29.6 Å². The second-order valence-electron chi connectivity index (χ2n) is 7.25. The fourth-order valence-corrected chi connectivity index (χ4v) is 2.92. The maximum absolute atomic E-state index is 12.1. The Labute approximate surface area is 181 Å². The third-order valence-electron chi connectivity index (χ3n) is 4.43. The summed E-state index contributed by atoms with van der Waals surface area (Å²) in [5.74, 6) is -1.33. The molecule has 0 aromatic heterocycles. The summed E-state index contributed by atoms with van der Waals surface area (Å²) < 4.78 is 9.86. The molecule has 1 amide bonds. The zero-order chi connectivity index (χ0) is 23.2. The van der Waals surface area contributed by atoms with Crippen molar-refractivity contribution in [3.8, 4) is 0 Å². The summed E-state index contributed by atoms with van der Waals surface area (Å²) in [7, 11) is 0. The molecule has 0 bridgehead atoms. The molecule has 0 radical (unpaired) electrons. The number of ether oxygens (including phenoxy) is 2. The molecule has 11 heteroatoms. The predicted molar refractivity (Wildman–Crippen MR) is 111 cm³/mol. The highest BCUT2D eigenvalue weighted by Crippen LogP contribution is 2.12. The van der Waals surface area contributed by atoms with E-state index in [1.807, 2.05) is 6.92 Å². The Kier molecular flexibility index (Phi) is 14.7. The van der Waals surface area contributed by atoms with Crippen LogP contribution in [0.15, 0.2) is 0 Å². The van der Waals surface area contributed by atoms with Crippen LogP contribution in [0.25, 0.3) is 0 Å². The van der Waals surface area contributed by atoms with E-state index in [0.717, 1.165) is 0 Å². The lowest BCUT2D eigenvalue weighted by molar-refractivity contribution is -0.154. The highest BCUT2D eigenvalue weighted by Gasteiger charge is 2.31. The number of carbonyl (C=O) groups is 3. The smallest absolute Gasteiger partial charge is 0.308 e. The van der Waals surface area contributed by atoms with Gasteiger partial charge in [0.2, 0.25) is 5.91 Å². The first-order chi connectivity index (χ1) is 14.1. The quantitative estimate of drug-likeness (QED) is 0.146. The molecule has 0 aliphatic rings. The van der Waals surface area contributed by atoms with Crippen molar-refractivity contribution in [3.05, 3.63) is 0 Å². The van der Waals surface area contributed by atoms with Crippen LogP contribution < -0.4 is 5.32 Å². The van der Waals surface area contributed by atoms with Crippen LogP contribution in [0.4, 0.5) is 0 Å². The maximum Gasteiger partial charge on any atom is 0.308 e. The minimum absolute atomic E-state index is 0.0756. The molecule has 0 saturated carbocycles. The molecule has 0 aliphatic carbocycles. The lowest BCUT2D eigenvalue weighted by Gasteiger charge is -2.30.